The van der Waals surface area contributed by atoms with Crippen LogP contribution < -0.4 is 0 Å². The molecule has 0 amide bonds. The zero-order valence-corrected chi connectivity index (χ0v) is 20.3. The second-order valence-electron chi connectivity index (χ2n) is 12.8. The third-order valence-corrected chi connectivity index (χ3v) is 9.82. The quantitative estimate of drug-likeness (QED) is 0.401. The molecule has 4 rings (SSSR count). The molecule has 2 nitrogen and oxygen atoms in total. The molecule has 0 aromatic carbocycles. The Labute approximate surface area is 182 Å². The number of hydrogen-bond acceptors (Lipinski definition) is 2. The number of likely N-dealkylation sites (tertiary alicyclic amines) is 2. The molecule has 0 radical (unpaired) electrons. The van der Waals surface area contributed by atoms with Crippen molar-refractivity contribution in [1.82, 2.24) is 9.80 Å². The molecule has 0 N–H and O–H groups in total. The summed E-state index contributed by atoms with van der Waals surface area (Å²) in [7, 11) is 2.30. The first-order valence-electron chi connectivity index (χ1n) is 13.2. The lowest BCUT2D eigenvalue weighted by Gasteiger charge is -2.53. The van der Waals surface area contributed by atoms with E-state index in [0.717, 1.165) is 22.7 Å². The van der Waals surface area contributed by atoms with Crippen LogP contribution in [0.3, 0.4) is 0 Å². The van der Waals surface area contributed by atoms with Gasteiger partial charge < -0.3 is 9.80 Å². The fraction of sp³-hybridized carbons (Fsp3) is 1.00. The molecule has 2 heterocycles. The summed E-state index contributed by atoms with van der Waals surface area (Å²) in [5.74, 6) is 2.12. The molecule has 4 aliphatic rings. The molecule has 2 saturated heterocycles. The van der Waals surface area contributed by atoms with Gasteiger partial charge in [-0.15, -0.1) is 0 Å². The van der Waals surface area contributed by atoms with Crippen LogP contribution in [0, 0.1) is 28.1 Å². The molecule has 29 heavy (non-hydrogen) atoms. The van der Waals surface area contributed by atoms with Crippen molar-refractivity contribution in [2.75, 3.05) is 39.8 Å². The Morgan fingerprint density at radius 2 is 1.59 bits per heavy atom. The van der Waals surface area contributed by atoms with E-state index in [4.69, 9.17) is 0 Å². The summed E-state index contributed by atoms with van der Waals surface area (Å²) in [5.41, 5.74) is 2.07. The summed E-state index contributed by atoms with van der Waals surface area (Å²) in [6, 6.07) is 0. The molecule has 0 aromatic rings. The second kappa shape index (κ2) is 8.81. The summed E-state index contributed by atoms with van der Waals surface area (Å²) >= 11 is 0. The molecule has 0 aromatic heterocycles. The highest BCUT2D eigenvalue weighted by molar-refractivity contribution is 5.06. The maximum Gasteiger partial charge on any atom is -0.00134 e. The number of hydrogen-bond donors (Lipinski definition) is 0. The summed E-state index contributed by atoms with van der Waals surface area (Å²) in [5, 5.41) is 0. The molecule has 1 unspecified atom stereocenters. The summed E-state index contributed by atoms with van der Waals surface area (Å²) in [4.78, 5) is 5.35. The number of nitrogens with zero attached hydrogens (tertiary/aromatic N) is 2. The first kappa shape index (κ1) is 22.1. The second-order valence-corrected chi connectivity index (χ2v) is 12.8. The highest BCUT2D eigenvalue weighted by Gasteiger charge is 2.55. The predicted octanol–water partition coefficient (Wildman–Crippen LogP) is 6.60. The normalized spacial score (nSPS) is 30.0. The Balaban J connectivity index is 1.12. The van der Waals surface area contributed by atoms with Gasteiger partial charge in [0, 0.05) is 0 Å². The fourth-order valence-corrected chi connectivity index (χ4v) is 7.34. The fourth-order valence-electron chi connectivity index (χ4n) is 7.34. The summed E-state index contributed by atoms with van der Waals surface area (Å²) in [6.45, 7) is 14.3. The van der Waals surface area contributed by atoms with E-state index in [0.29, 0.717) is 5.41 Å². The van der Waals surface area contributed by atoms with Gasteiger partial charge in [-0.3, -0.25) is 0 Å². The molecule has 168 valence electrons. The van der Waals surface area contributed by atoms with Gasteiger partial charge >= 0.3 is 0 Å². The van der Waals surface area contributed by atoms with Crippen LogP contribution in [0.1, 0.15) is 104 Å². The van der Waals surface area contributed by atoms with E-state index >= 15 is 0 Å². The van der Waals surface area contributed by atoms with E-state index < -0.39 is 0 Å². The van der Waals surface area contributed by atoms with E-state index in [2.05, 4.69) is 37.6 Å². The van der Waals surface area contributed by atoms with Gasteiger partial charge in [0.15, 0.2) is 0 Å². The van der Waals surface area contributed by atoms with Crippen LogP contribution in [-0.4, -0.2) is 49.6 Å². The molecule has 2 aliphatic carbocycles. The van der Waals surface area contributed by atoms with Gasteiger partial charge in [0.05, 0.1) is 0 Å². The van der Waals surface area contributed by atoms with Crippen LogP contribution in [0.2, 0.25) is 0 Å². The van der Waals surface area contributed by atoms with Crippen molar-refractivity contribution < 1.29 is 0 Å². The Morgan fingerprint density at radius 3 is 2.24 bits per heavy atom. The van der Waals surface area contributed by atoms with Crippen LogP contribution in [0.25, 0.3) is 0 Å². The average molecular weight is 403 g/mol. The number of piperidine rings is 2. The van der Waals surface area contributed by atoms with Crippen LogP contribution in [-0.2, 0) is 0 Å². The lowest BCUT2D eigenvalue weighted by molar-refractivity contribution is -0.0191. The van der Waals surface area contributed by atoms with Gasteiger partial charge in [-0.05, 0) is 126 Å². The first-order valence-corrected chi connectivity index (χ1v) is 13.2. The van der Waals surface area contributed by atoms with Crippen molar-refractivity contribution >= 4 is 0 Å². The lowest BCUT2D eigenvalue weighted by atomic mass is 9.56. The third-order valence-electron chi connectivity index (χ3n) is 9.82. The average Bonchev–Trinajstić information content (AvgIpc) is 3.33. The molecule has 2 spiro atoms. The molecule has 0 bridgehead atoms. The predicted molar refractivity (Wildman–Crippen MR) is 125 cm³/mol. The maximum atomic E-state index is 2.82. The largest absolute Gasteiger partial charge is 0.306 e. The standard InChI is InChI=1S/C27H50N2/c1-5-6-7-8-23-19-26(20-23)10-17-29(18-11-26)16-9-25(2,3)21-24-22-27(24)12-14-28(4)15-13-27/h23-24H,5-22H2,1-4H3. The van der Waals surface area contributed by atoms with E-state index in [9.17, 15) is 0 Å². The minimum Gasteiger partial charge on any atom is -0.306 e. The van der Waals surface area contributed by atoms with Crippen molar-refractivity contribution in [3.63, 3.8) is 0 Å². The number of rotatable bonds is 9. The SMILES string of the molecule is CCCCCC1CC2(CCN(CCC(C)(C)CC3CC34CCN(C)CC4)CC2)C1. The van der Waals surface area contributed by atoms with Gasteiger partial charge in [-0.1, -0.05) is 46.5 Å². The Morgan fingerprint density at radius 1 is 0.897 bits per heavy atom. The number of unbranched alkanes of at least 4 members (excludes halogenated alkanes) is 2. The van der Waals surface area contributed by atoms with Gasteiger partial charge in [0.1, 0.15) is 0 Å². The van der Waals surface area contributed by atoms with Crippen LogP contribution in [0.5, 0.6) is 0 Å². The zero-order valence-electron chi connectivity index (χ0n) is 20.3. The van der Waals surface area contributed by atoms with Crippen molar-refractivity contribution in [2.45, 2.75) is 104 Å². The van der Waals surface area contributed by atoms with Gasteiger partial charge in [0.2, 0.25) is 0 Å². The van der Waals surface area contributed by atoms with Crippen molar-refractivity contribution in [2.24, 2.45) is 28.1 Å². The Bertz CT molecular complexity index is 515. The first-order chi connectivity index (χ1) is 13.8. The van der Waals surface area contributed by atoms with Gasteiger partial charge in [0.25, 0.3) is 0 Å². The minimum atomic E-state index is 0.535. The molecule has 2 saturated carbocycles. The third kappa shape index (κ3) is 5.40. The molecular formula is C27H50N2. The van der Waals surface area contributed by atoms with Crippen LogP contribution in [0.4, 0.5) is 0 Å². The highest BCUT2D eigenvalue weighted by atomic mass is 15.1. The Kier molecular flexibility index (Phi) is 6.72. The smallest absolute Gasteiger partial charge is 0.00134 e. The van der Waals surface area contributed by atoms with E-state index in [-0.39, 0.29) is 0 Å². The van der Waals surface area contributed by atoms with Crippen molar-refractivity contribution in [3.05, 3.63) is 0 Å². The molecule has 1 atom stereocenters. The van der Waals surface area contributed by atoms with Crippen LogP contribution >= 0.6 is 0 Å². The van der Waals surface area contributed by atoms with Gasteiger partial charge in [-0.25, -0.2) is 0 Å². The minimum absolute atomic E-state index is 0.535. The van der Waals surface area contributed by atoms with Crippen molar-refractivity contribution in [1.29, 1.82) is 0 Å². The summed E-state index contributed by atoms with van der Waals surface area (Å²) < 4.78 is 0. The van der Waals surface area contributed by atoms with Gasteiger partial charge in [-0.2, -0.15) is 0 Å². The maximum absolute atomic E-state index is 2.82. The molecule has 4 fully saturated rings. The summed E-state index contributed by atoms with van der Waals surface area (Å²) in [6.07, 6.45) is 19.3. The topological polar surface area (TPSA) is 6.48 Å². The zero-order chi connectivity index (χ0) is 20.5. The molecule has 2 heteroatoms. The monoisotopic (exact) mass is 402 g/mol. The molecular weight excluding hydrogens is 352 g/mol. The Hall–Kier alpha value is -0.0800. The lowest BCUT2D eigenvalue weighted by Crippen LogP contribution is -2.47. The van der Waals surface area contributed by atoms with Crippen LogP contribution in [0.15, 0.2) is 0 Å². The van der Waals surface area contributed by atoms with E-state index in [1.807, 2.05) is 0 Å². The van der Waals surface area contributed by atoms with E-state index in [1.165, 1.54) is 103 Å². The van der Waals surface area contributed by atoms with E-state index in [1.54, 1.807) is 12.8 Å². The molecule has 2 aliphatic heterocycles. The van der Waals surface area contributed by atoms with Crippen molar-refractivity contribution in [3.8, 4) is 0 Å². The highest BCUT2D eigenvalue weighted by Crippen LogP contribution is 2.63.